The first-order valence-corrected chi connectivity index (χ1v) is 23.5. The summed E-state index contributed by atoms with van der Waals surface area (Å²) in [5.74, 6) is -0.811. The van der Waals surface area contributed by atoms with Crippen LogP contribution in [0.5, 0.6) is 0 Å². The van der Waals surface area contributed by atoms with Gasteiger partial charge in [0.25, 0.3) is 11.4 Å². The second-order valence-corrected chi connectivity index (χ2v) is 19.3. The van der Waals surface area contributed by atoms with Gasteiger partial charge in [-0.15, -0.1) is 0 Å². The zero-order chi connectivity index (χ0) is 49.0. The van der Waals surface area contributed by atoms with Crippen LogP contribution in [-0.2, 0) is 19.2 Å². The fourth-order valence-corrected chi connectivity index (χ4v) is 11.0. The summed E-state index contributed by atoms with van der Waals surface area (Å²) in [5, 5.41) is 27.0. The molecule has 2 heterocycles. The van der Waals surface area contributed by atoms with Crippen LogP contribution in [-0.4, -0.2) is 103 Å². The molecule has 4 atom stereocenters. The summed E-state index contributed by atoms with van der Waals surface area (Å²) in [7, 11) is 0. The Morgan fingerprint density at radius 1 is 0.567 bits per heavy atom. The molecule has 0 bridgehead atoms. The van der Waals surface area contributed by atoms with Gasteiger partial charge in [0.15, 0.2) is 0 Å². The summed E-state index contributed by atoms with van der Waals surface area (Å²) < 4.78 is 0. The molecule has 67 heavy (non-hydrogen) atoms. The van der Waals surface area contributed by atoms with Crippen LogP contribution >= 0.6 is 11.8 Å². The molecule has 4 unspecified atom stereocenters. The number of carbonyl (C=O) groups is 4. The number of carbonyl (C=O) groups excluding carboxylic acids is 4. The summed E-state index contributed by atoms with van der Waals surface area (Å²) in [6.07, 6.45) is 5.98. The van der Waals surface area contributed by atoms with Crippen molar-refractivity contribution in [1.82, 2.24) is 19.6 Å². The Morgan fingerprint density at radius 3 is 1.19 bits per heavy atom. The Morgan fingerprint density at radius 2 is 0.896 bits per heavy atom. The van der Waals surface area contributed by atoms with Gasteiger partial charge < -0.3 is 19.6 Å². The number of nitro benzene ring substituents is 2. The van der Waals surface area contributed by atoms with E-state index in [1.807, 2.05) is 91.8 Å². The van der Waals surface area contributed by atoms with E-state index < -0.39 is 9.85 Å². The number of hydrogen-bond acceptors (Lipinski definition) is 9. The molecule has 14 nitrogen and oxygen atoms in total. The van der Waals surface area contributed by atoms with Gasteiger partial charge in [0.1, 0.15) is 0 Å². The van der Waals surface area contributed by atoms with Crippen LogP contribution in [0.2, 0.25) is 0 Å². The molecule has 4 aromatic carbocycles. The first-order chi connectivity index (χ1) is 31.7. The maximum Gasteiger partial charge on any atom is 0.291 e. The maximum absolute atomic E-state index is 13.8. The fourth-order valence-electron chi connectivity index (χ4n) is 9.90. The Bertz CT molecular complexity index is 2460. The van der Waals surface area contributed by atoms with E-state index in [-0.39, 0.29) is 91.9 Å². The minimum Gasteiger partial charge on any atom is -0.335 e. The molecule has 2 aliphatic rings. The second kappa shape index (κ2) is 20.9. The summed E-state index contributed by atoms with van der Waals surface area (Å²) in [6, 6.07) is 20.5. The third kappa shape index (κ3) is 10.7. The monoisotopic (exact) mass is 928 g/mol. The number of amides is 4. The predicted octanol–water partition coefficient (Wildman–Crippen LogP) is 10.2. The molecule has 2 fully saturated rings. The quantitative estimate of drug-likeness (QED) is 0.0763. The first-order valence-electron chi connectivity index (χ1n) is 22.7. The van der Waals surface area contributed by atoms with Crippen molar-refractivity contribution >= 4 is 58.9 Å². The SMILES string of the molecule is CC(=O)N1C(C)CN(C(=O)/C=C/c2ccc(Sc3ccc(/C=C/C(=O)N4CC(C)N(C(C)=O)C(C)C4)c(-c4ccccc4C(C)C)c3[N+](=O)[O-])c([N+](=O)[O-])c2-c2ccccc2C(C)C)CC1C. The Labute approximate surface area is 397 Å². The highest BCUT2D eigenvalue weighted by Gasteiger charge is 2.35. The molecule has 4 amide bonds. The molecule has 0 radical (unpaired) electrons. The Kier molecular flexibility index (Phi) is 15.6. The number of rotatable bonds is 12. The number of hydrogen-bond donors (Lipinski definition) is 0. The maximum atomic E-state index is 13.8. The van der Waals surface area contributed by atoms with Gasteiger partial charge in [-0.2, -0.15) is 0 Å². The van der Waals surface area contributed by atoms with Crippen molar-refractivity contribution < 1.29 is 29.0 Å². The van der Waals surface area contributed by atoms with E-state index in [0.717, 1.165) is 22.9 Å². The van der Waals surface area contributed by atoms with Crippen molar-refractivity contribution in [2.24, 2.45) is 0 Å². The van der Waals surface area contributed by atoms with Gasteiger partial charge in [-0.3, -0.25) is 39.4 Å². The Hall–Kier alpha value is -6.61. The van der Waals surface area contributed by atoms with Gasteiger partial charge in [-0.25, -0.2) is 0 Å². The molecule has 15 heteroatoms. The van der Waals surface area contributed by atoms with Crippen LogP contribution in [0.3, 0.4) is 0 Å². The largest absolute Gasteiger partial charge is 0.335 e. The van der Waals surface area contributed by atoms with Crippen molar-refractivity contribution in [3.8, 4) is 22.3 Å². The van der Waals surface area contributed by atoms with E-state index in [0.29, 0.717) is 48.4 Å². The molecule has 0 spiro atoms. The average Bonchev–Trinajstić information content (AvgIpc) is 3.26. The van der Waals surface area contributed by atoms with Gasteiger partial charge in [-0.1, -0.05) is 100 Å². The van der Waals surface area contributed by atoms with E-state index in [2.05, 4.69) is 0 Å². The lowest BCUT2D eigenvalue weighted by Gasteiger charge is -2.43. The highest BCUT2D eigenvalue weighted by molar-refractivity contribution is 7.99. The van der Waals surface area contributed by atoms with E-state index in [9.17, 15) is 39.4 Å². The molecule has 6 rings (SSSR count). The molecule has 0 saturated carbocycles. The third-order valence-corrected chi connectivity index (χ3v) is 13.7. The molecular formula is C52H60N6O8S. The molecule has 0 aliphatic carbocycles. The zero-order valence-electron chi connectivity index (χ0n) is 39.9. The standard InChI is InChI=1S/C52H60N6O8S/c1-31(2)41-15-11-13-17-43(41)49-39(21-25-47(61)53-27-33(5)55(37(9)59)34(6)28-53)19-23-45(51(49)57(63)64)67-46-24-20-40(22-26-48(62)54-29-35(7)56(38(10)60)36(8)30-54)50(52(46)58(65)66)44-18-14-12-16-42(44)32(3)4/h11-26,31-36H,27-30H2,1-10H3/b25-21+,26-22+. The van der Waals surface area contributed by atoms with Gasteiger partial charge >= 0.3 is 0 Å². The van der Waals surface area contributed by atoms with Crippen molar-refractivity contribution in [2.45, 2.75) is 115 Å². The van der Waals surface area contributed by atoms with Gasteiger partial charge in [0.05, 0.1) is 30.8 Å². The zero-order valence-corrected chi connectivity index (χ0v) is 40.7. The number of piperazine rings is 2. The highest BCUT2D eigenvalue weighted by atomic mass is 32.2. The van der Waals surface area contributed by atoms with E-state index in [1.165, 1.54) is 26.0 Å². The molecule has 2 aliphatic heterocycles. The lowest BCUT2D eigenvalue weighted by molar-refractivity contribution is -0.387. The third-order valence-electron chi connectivity index (χ3n) is 12.6. The number of nitro groups is 2. The second-order valence-electron chi connectivity index (χ2n) is 18.3. The summed E-state index contributed by atoms with van der Waals surface area (Å²) in [5.41, 5.74) is 3.68. The van der Waals surface area contributed by atoms with Gasteiger partial charge in [0, 0.05) is 76.3 Å². The number of nitrogens with zero attached hydrogens (tertiary/aromatic N) is 6. The molecular weight excluding hydrogens is 869 g/mol. The smallest absolute Gasteiger partial charge is 0.291 e. The molecule has 0 aromatic heterocycles. The lowest BCUT2D eigenvalue weighted by Crippen LogP contribution is -2.59. The van der Waals surface area contributed by atoms with Crippen molar-refractivity contribution in [2.75, 3.05) is 26.2 Å². The van der Waals surface area contributed by atoms with Crippen molar-refractivity contribution in [3.63, 3.8) is 0 Å². The summed E-state index contributed by atoms with van der Waals surface area (Å²) in [6.45, 7) is 19.9. The summed E-state index contributed by atoms with van der Waals surface area (Å²) in [4.78, 5) is 85.3. The minimum absolute atomic E-state index is 0.0415. The van der Waals surface area contributed by atoms with Crippen LogP contribution < -0.4 is 0 Å². The van der Waals surface area contributed by atoms with Crippen LogP contribution in [0.1, 0.15) is 103 Å². The molecule has 4 aromatic rings. The molecule has 0 N–H and O–H groups in total. The number of benzene rings is 4. The average molecular weight is 929 g/mol. The Balaban J connectivity index is 1.49. The topological polar surface area (TPSA) is 168 Å². The van der Waals surface area contributed by atoms with E-state index in [4.69, 9.17) is 0 Å². The van der Waals surface area contributed by atoms with Gasteiger partial charge in [0.2, 0.25) is 23.6 Å². The van der Waals surface area contributed by atoms with Crippen LogP contribution in [0.25, 0.3) is 34.4 Å². The van der Waals surface area contributed by atoms with Gasteiger partial charge in [-0.05, 0) is 97.2 Å². The fraction of sp³-hybridized carbons (Fsp3) is 0.385. The van der Waals surface area contributed by atoms with E-state index >= 15 is 0 Å². The first kappa shape index (κ1) is 49.8. The van der Waals surface area contributed by atoms with Crippen molar-refractivity contribution in [1.29, 1.82) is 0 Å². The van der Waals surface area contributed by atoms with Crippen molar-refractivity contribution in [3.05, 3.63) is 127 Å². The van der Waals surface area contributed by atoms with Crippen LogP contribution in [0.15, 0.2) is 94.7 Å². The summed E-state index contributed by atoms with van der Waals surface area (Å²) >= 11 is 0.915. The molecule has 352 valence electrons. The van der Waals surface area contributed by atoms with Crippen LogP contribution in [0, 0.1) is 20.2 Å². The normalized spacial score (nSPS) is 18.9. The lowest BCUT2D eigenvalue weighted by atomic mass is 9.89. The van der Waals surface area contributed by atoms with Crippen LogP contribution in [0.4, 0.5) is 11.4 Å². The predicted molar refractivity (Wildman–Crippen MR) is 263 cm³/mol. The molecule has 2 saturated heterocycles. The minimum atomic E-state index is -0.472. The highest BCUT2D eigenvalue weighted by Crippen LogP contribution is 2.50. The van der Waals surface area contributed by atoms with E-state index in [1.54, 1.807) is 68.1 Å².